The summed E-state index contributed by atoms with van der Waals surface area (Å²) in [7, 11) is 3.08. The van der Waals surface area contributed by atoms with Gasteiger partial charge in [-0.3, -0.25) is 4.79 Å². The van der Waals surface area contributed by atoms with Crippen molar-refractivity contribution in [3.05, 3.63) is 58.6 Å². The first-order chi connectivity index (χ1) is 13.1. The van der Waals surface area contributed by atoms with E-state index in [9.17, 15) is 4.79 Å². The molecule has 5 nitrogen and oxygen atoms in total. The van der Waals surface area contributed by atoms with Crippen molar-refractivity contribution in [1.29, 1.82) is 0 Å². The molecule has 2 aromatic carbocycles. The highest BCUT2D eigenvalue weighted by Gasteiger charge is 2.12. The molecule has 0 spiro atoms. The summed E-state index contributed by atoms with van der Waals surface area (Å²) < 4.78 is 15.9. The van der Waals surface area contributed by atoms with E-state index < -0.39 is 0 Å². The Bertz CT molecular complexity index is 827. The molecule has 6 heteroatoms. The van der Waals surface area contributed by atoms with Crippen LogP contribution in [0.5, 0.6) is 11.5 Å². The van der Waals surface area contributed by atoms with Gasteiger partial charge in [0.1, 0.15) is 0 Å². The van der Waals surface area contributed by atoms with Crippen molar-refractivity contribution < 1.29 is 19.0 Å². The minimum Gasteiger partial charge on any atom is -0.493 e. The Hall–Kier alpha value is -2.50. The van der Waals surface area contributed by atoms with Crippen LogP contribution in [0.4, 0.5) is 5.69 Å². The third kappa shape index (κ3) is 4.62. The van der Waals surface area contributed by atoms with Crippen LogP contribution in [0.15, 0.2) is 42.5 Å². The van der Waals surface area contributed by atoms with Gasteiger partial charge >= 0.3 is 0 Å². The smallest absolute Gasteiger partial charge is 0.185 e. The molecule has 0 atom stereocenters. The number of nitrogens with zero attached hydrogens (tertiary/aromatic N) is 1. The monoisotopic (exact) mass is 387 g/mol. The van der Waals surface area contributed by atoms with Gasteiger partial charge in [-0.15, -0.1) is 0 Å². The molecule has 1 fully saturated rings. The van der Waals surface area contributed by atoms with Gasteiger partial charge < -0.3 is 19.1 Å². The number of halogens is 1. The van der Waals surface area contributed by atoms with Crippen LogP contribution in [-0.4, -0.2) is 46.3 Å². The van der Waals surface area contributed by atoms with Crippen LogP contribution in [0.3, 0.4) is 0 Å². The molecule has 2 aromatic rings. The van der Waals surface area contributed by atoms with E-state index in [-0.39, 0.29) is 5.78 Å². The number of benzene rings is 2. The van der Waals surface area contributed by atoms with Gasteiger partial charge in [0.25, 0.3) is 0 Å². The van der Waals surface area contributed by atoms with E-state index in [0.717, 1.165) is 37.6 Å². The van der Waals surface area contributed by atoms with E-state index in [1.54, 1.807) is 25.3 Å². The summed E-state index contributed by atoms with van der Waals surface area (Å²) in [6.45, 7) is 3.20. The lowest BCUT2D eigenvalue weighted by Crippen LogP contribution is -2.36. The van der Waals surface area contributed by atoms with Gasteiger partial charge in [0.05, 0.1) is 32.5 Å². The fourth-order valence-electron chi connectivity index (χ4n) is 2.96. The van der Waals surface area contributed by atoms with Crippen molar-refractivity contribution in [3.63, 3.8) is 0 Å². The number of anilines is 1. The first-order valence-corrected chi connectivity index (χ1v) is 9.07. The molecule has 3 rings (SSSR count). The zero-order chi connectivity index (χ0) is 19.2. The number of ether oxygens (including phenoxy) is 3. The molecule has 0 amide bonds. The van der Waals surface area contributed by atoms with E-state index in [0.29, 0.717) is 22.1 Å². The standard InChI is InChI=1S/C21H22ClNO4/c1-25-20-14-15(13-18(22)21(20)26-2)3-8-19(24)16-4-6-17(7-5-16)23-9-11-27-12-10-23/h3-8,13-14H,9-12H2,1-2H3/b8-3+. The maximum Gasteiger partial charge on any atom is 0.185 e. The highest BCUT2D eigenvalue weighted by Crippen LogP contribution is 2.36. The molecule has 142 valence electrons. The molecule has 27 heavy (non-hydrogen) atoms. The molecule has 0 unspecified atom stereocenters. The fourth-order valence-corrected chi connectivity index (χ4v) is 3.26. The predicted octanol–water partition coefficient (Wildman–Crippen LogP) is 4.09. The van der Waals surface area contributed by atoms with E-state index in [1.165, 1.54) is 13.2 Å². The molecule has 1 aliphatic rings. The maximum absolute atomic E-state index is 12.5. The Kier molecular flexibility index (Phi) is 6.37. The second-order valence-electron chi connectivity index (χ2n) is 6.08. The summed E-state index contributed by atoms with van der Waals surface area (Å²) in [5.41, 5.74) is 2.50. The van der Waals surface area contributed by atoms with Crippen LogP contribution in [0, 0.1) is 0 Å². The number of morpholine rings is 1. The number of carbonyl (C=O) groups is 1. The summed E-state index contributed by atoms with van der Waals surface area (Å²) >= 11 is 6.20. The molecule has 0 N–H and O–H groups in total. The third-order valence-corrected chi connectivity index (χ3v) is 4.69. The molecule has 0 radical (unpaired) electrons. The minimum absolute atomic E-state index is 0.0746. The van der Waals surface area contributed by atoms with E-state index >= 15 is 0 Å². The first kappa shape index (κ1) is 19.3. The van der Waals surface area contributed by atoms with E-state index in [4.69, 9.17) is 25.8 Å². The highest BCUT2D eigenvalue weighted by molar-refractivity contribution is 6.32. The molecule has 0 bridgehead atoms. The Morgan fingerprint density at radius 3 is 2.44 bits per heavy atom. The first-order valence-electron chi connectivity index (χ1n) is 8.69. The largest absolute Gasteiger partial charge is 0.493 e. The number of ketones is 1. The second kappa shape index (κ2) is 8.93. The van der Waals surface area contributed by atoms with Crippen molar-refractivity contribution in [2.45, 2.75) is 0 Å². The van der Waals surface area contributed by atoms with Gasteiger partial charge in [-0.25, -0.2) is 0 Å². The summed E-state index contributed by atoms with van der Waals surface area (Å²) in [4.78, 5) is 14.7. The van der Waals surface area contributed by atoms with Crippen LogP contribution >= 0.6 is 11.6 Å². The maximum atomic E-state index is 12.5. The molecular formula is C21H22ClNO4. The zero-order valence-corrected chi connectivity index (χ0v) is 16.2. The van der Waals surface area contributed by atoms with E-state index in [1.807, 2.05) is 24.3 Å². The lowest BCUT2D eigenvalue weighted by Gasteiger charge is -2.28. The number of allylic oxidation sites excluding steroid dienone is 1. The highest BCUT2D eigenvalue weighted by atomic mass is 35.5. The zero-order valence-electron chi connectivity index (χ0n) is 15.4. The molecule has 0 aromatic heterocycles. The summed E-state index contributed by atoms with van der Waals surface area (Å²) in [5.74, 6) is 0.919. The number of carbonyl (C=O) groups excluding carboxylic acids is 1. The van der Waals surface area contributed by atoms with Crippen LogP contribution < -0.4 is 14.4 Å². The third-order valence-electron chi connectivity index (χ3n) is 4.41. The van der Waals surface area contributed by atoms with Gasteiger partial charge in [0.15, 0.2) is 17.3 Å². The predicted molar refractivity (Wildman–Crippen MR) is 107 cm³/mol. The van der Waals surface area contributed by atoms with Crippen LogP contribution in [0.25, 0.3) is 6.08 Å². The number of hydrogen-bond acceptors (Lipinski definition) is 5. The van der Waals surface area contributed by atoms with Crippen molar-refractivity contribution in [1.82, 2.24) is 0 Å². The van der Waals surface area contributed by atoms with Gasteiger partial charge in [0.2, 0.25) is 0 Å². The lowest BCUT2D eigenvalue weighted by molar-refractivity contribution is 0.104. The van der Waals surface area contributed by atoms with Crippen LogP contribution in [-0.2, 0) is 4.74 Å². The Balaban J connectivity index is 1.72. The van der Waals surface area contributed by atoms with Gasteiger partial charge in [-0.2, -0.15) is 0 Å². The van der Waals surface area contributed by atoms with Gasteiger partial charge in [-0.05, 0) is 48.0 Å². The average Bonchev–Trinajstić information content (AvgIpc) is 2.72. The summed E-state index contributed by atoms with van der Waals surface area (Å²) in [5, 5.41) is 0.429. The second-order valence-corrected chi connectivity index (χ2v) is 6.49. The van der Waals surface area contributed by atoms with Gasteiger partial charge in [-0.1, -0.05) is 17.7 Å². The molecule has 1 aliphatic heterocycles. The number of rotatable bonds is 6. The molecule has 0 aliphatic carbocycles. The summed E-state index contributed by atoms with van der Waals surface area (Å²) in [6, 6.07) is 11.1. The normalized spacial score (nSPS) is 14.4. The van der Waals surface area contributed by atoms with Crippen molar-refractivity contribution in [2.24, 2.45) is 0 Å². The van der Waals surface area contributed by atoms with Crippen LogP contribution in [0.1, 0.15) is 15.9 Å². The van der Waals surface area contributed by atoms with Crippen LogP contribution in [0.2, 0.25) is 5.02 Å². The molecule has 1 heterocycles. The SMILES string of the molecule is COc1cc(/C=C/C(=O)c2ccc(N3CCOCC3)cc2)cc(Cl)c1OC. The Morgan fingerprint density at radius 2 is 1.81 bits per heavy atom. The topological polar surface area (TPSA) is 48.0 Å². The summed E-state index contributed by atoms with van der Waals surface area (Å²) in [6.07, 6.45) is 3.24. The Morgan fingerprint density at radius 1 is 1.11 bits per heavy atom. The lowest BCUT2D eigenvalue weighted by atomic mass is 10.1. The van der Waals surface area contributed by atoms with Crippen molar-refractivity contribution in [2.75, 3.05) is 45.4 Å². The van der Waals surface area contributed by atoms with Crippen molar-refractivity contribution >= 4 is 29.1 Å². The minimum atomic E-state index is -0.0746. The molecular weight excluding hydrogens is 366 g/mol. The van der Waals surface area contributed by atoms with E-state index in [2.05, 4.69) is 4.90 Å². The molecule has 0 saturated carbocycles. The Labute approximate surface area is 164 Å². The molecule has 1 saturated heterocycles. The fraction of sp³-hybridized carbons (Fsp3) is 0.286. The van der Waals surface area contributed by atoms with Crippen molar-refractivity contribution in [3.8, 4) is 11.5 Å². The average molecular weight is 388 g/mol. The number of methoxy groups -OCH3 is 2. The quantitative estimate of drug-likeness (QED) is 0.552. The number of hydrogen-bond donors (Lipinski definition) is 0. The van der Waals surface area contributed by atoms with Gasteiger partial charge in [0, 0.05) is 24.3 Å².